The number of para-hydroxylation sites is 2. The van der Waals surface area contributed by atoms with Crippen LogP contribution in [0.15, 0.2) is 218 Å². The molecular weight excluding hydrogens is 773 g/mol. The van der Waals surface area contributed by atoms with E-state index in [1.807, 2.05) is 89.5 Å². The fourth-order valence-electron chi connectivity index (χ4n) is 8.61. The normalized spacial score (nSPS) is 12.5. The third-order valence-corrected chi connectivity index (χ3v) is 12.7. The Morgan fingerprint density at radius 3 is 1.68 bits per heavy atom. The molecule has 0 unspecified atom stereocenters. The number of thiophene rings is 1. The summed E-state index contributed by atoms with van der Waals surface area (Å²) in [7, 11) is 0. The van der Waals surface area contributed by atoms with Crippen molar-refractivity contribution in [2.45, 2.75) is 0 Å². The van der Waals surface area contributed by atoms with Crippen molar-refractivity contribution in [3.8, 4) is 73.2 Å². The molecule has 62 heavy (non-hydrogen) atoms. The molecule has 0 aliphatic rings. The first-order valence-electron chi connectivity index (χ1n) is 22.5. The molecule has 0 N–H and O–H groups in total. The Hall–Kier alpha value is -7.99. The molecule has 0 atom stereocenters. The highest BCUT2D eigenvalue weighted by Gasteiger charge is 2.19. The van der Waals surface area contributed by atoms with E-state index in [0.717, 1.165) is 65.7 Å². The van der Waals surface area contributed by atoms with Gasteiger partial charge in [0.25, 0.3) is 0 Å². The van der Waals surface area contributed by atoms with E-state index < -0.39 is 0 Å². The molecule has 0 aliphatic carbocycles. The van der Waals surface area contributed by atoms with Crippen LogP contribution >= 0.6 is 11.3 Å². The fourth-order valence-corrected chi connectivity index (χ4v) is 9.76. The van der Waals surface area contributed by atoms with Gasteiger partial charge in [-0.25, -0.2) is 15.0 Å². The molecule has 12 rings (SSSR count). The number of nitrogens with zero attached hydrogens (tertiary/aromatic N) is 4. The maximum absolute atomic E-state index is 9.34. The second kappa shape index (κ2) is 14.9. The predicted molar refractivity (Wildman–Crippen MR) is 260 cm³/mol. The Balaban J connectivity index is 1.07. The zero-order valence-corrected chi connectivity index (χ0v) is 34.0. The van der Waals surface area contributed by atoms with Gasteiger partial charge in [-0.15, -0.1) is 11.3 Å². The van der Waals surface area contributed by atoms with E-state index in [0.29, 0.717) is 34.1 Å². The summed E-state index contributed by atoms with van der Waals surface area (Å²) in [6, 6.07) is 65.2. The largest absolute Gasteiger partial charge is 0.309 e. The van der Waals surface area contributed by atoms with Crippen LogP contribution < -0.4 is 0 Å². The molecule has 3 heterocycles. The minimum Gasteiger partial charge on any atom is -0.309 e. The van der Waals surface area contributed by atoms with E-state index in [1.54, 1.807) is 11.3 Å². The van der Waals surface area contributed by atoms with Crippen LogP contribution in [-0.2, 0) is 0 Å². The van der Waals surface area contributed by atoms with Gasteiger partial charge in [0.2, 0.25) is 0 Å². The van der Waals surface area contributed by atoms with Crippen molar-refractivity contribution in [3.05, 3.63) is 218 Å². The van der Waals surface area contributed by atoms with Crippen LogP contribution in [-0.4, -0.2) is 19.5 Å². The lowest BCUT2D eigenvalue weighted by atomic mass is 9.98. The van der Waals surface area contributed by atoms with Crippen LogP contribution in [0.5, 0.6) is 0 Å². The van der Waals surface area contributed by atoms with Gasteiger partial charge in [0, 0.05) is 58.9 Å². The summed E-state index contributed by atoms with van der Waals surface area (Å²) in [4.78, 5) is 15.5. The first-order chi connectivity index (χ1) is 32.4. The van der Waals surface area contributed by atoms with Gasteiger partial charge in [-0.2, -0.15) is 0 Å². The third-order valence-electron chi connectivity index (χ3n) is 11.6. The van der Waals surface area contributed by atoms with Gasteiger partial charge in [0.15, 0.2) is 17.5 Å². The molecule has 9 aromatic carbocycles. The maximum atomic E-state index is 9.34. The Bertz CT molecular complexity index is 3870. The van der Waals surface area contributed by atoms with Crippen molar-refractivity contribution in [2.24, 2.45) is 0 Å². The standard InChI is InChI=1S/C57H36N4S/c1-3-14-37(15-4-1)39-28-30-40(31-29-39)46-24-13-25-50-47-22-7-9-26-51(47)61(54(46)50)45-21-12-20-43(35-45)56-58-55(42-19-11-18-41(34-42)38-16-5-2-6-17-38)59-57(60-56)44-32-33-49-48-23-8-10-27-52(48)62-53(49)36-44/h1-36H/i7D,9D,22D,26D. The number of fused-ring (bicyclic) bond motifs is 6. The average molecular weight is 813 g/mol. The third kappa shape index (κ3) is 6.26. The second-order valence-corrected chi connectivity index (χ2v) is 16.4. The molecule has 0 saturated carbocycles. The average Bonchev–Trinajstić information content (AvgIpc) is 3.94. The lowest BCUT2D eigenvalue weighted by molar-refractivity contribution is 1.07. The summed E-state index contributed by atoms with van der Waals surface area (Å²) in [5.41, 5.74) is 10.5. The molecule has 0 radical (unpaired) electrons. The van der Waals surface area contributed by atoms with E-state index in [2.05, 4.69) is 109 Å². The Kier molecular flexibility index (Phi) is 7.67. The monoisotopic (exact) mass is 812 g/mol. The summed E-state index contributed by atoms with van der Waals surface area (Å²) in [6.07, 6.45) is 0. The molecule has 0 fully saturated rings. The van der Waals surface area contributed by atoms with E-state index >= 15 is 0 Å². The quantitative estimate of drug-likeness (QED) is 0.161. The summed E-state index contributed by atoms with van der Waals surface area (Å²) in [5.74, 6) is 1.54. The molecule has 0 spiro atoms. The van der Waals surface area contributed by atoms with Gasteiger partial charge in [-0.05, 0) is 64.2 Å². The lowest BCUT2D eigenvalue weighted by Crippen LogP contribution is -2.01. The van der Waals surface area contributed by atoms with Crippen molar-refractivity contribution >= 4 is 53.3 Å². The van der Waals surface area contributed by atoms with E-state index in [9.17, 15) is 2.74 Å². The van der Waals surface area contributed by atoms with Crippen molar-refractivity contribution in [2.75, 3.05) is 0 Å². The SMILES string of the molecule is [2H]c1c([2H])c([2H])c2c(c1[2H])c1cccc(-c3ccc(-c4ccccc4)cc3)c1n2-c1cccc(-c2nc(-c3cccc(-c4ccccc4)c3)nc(-c3ccc4c(c3)sc3ccccc34)n2)c1. The highest BCUT2D eigenvalue weighted by Crippen LogP contribution is 2.40. The van der Waals surface area contributed by atoms with Crippen molar-refractivity contribution in [1.29, 1.82) is 0 Å². The van der Waals surface area contributed by atoms with Crippen molar-refractivity contribution in [3.63, 3.8) is 0 Å². The van der Waals surface area contributed by atoms with Crippen molar-refractivity contribution < 1.29 is 5.48 Å². The minimum absolute atomic E-state index is 0.0810. The van der Waals surface area contributed by atoms with Crippen LogP contribution in [0.1, 0.15) is 5.48 Å². The molecule has 5 heteroatoms. The number of hydrogen-bond donors (Lipinski definition) is 0. The fraction of sp³-hybridized carbons (Fsp3) is 0. The molecule has 0 bridgehead atoms. The van der Waals surface area contributed by atoms with Crippen LogP contribution in [0.4, 0.5) is 0 Å². The van der Waals surface area contributed by atoms with Crippen LogP contribution in [0.3, 0.4) is 0 Å². The number of benzene rings is 9. The zero-order valence-electron chi connectivity index (χ0n) is 37.2. The van der Waals surface area contributed by atoms with Gasteiger partial charge in [-0.3, -0.25) is 0 Å². The predicted octanol–water partition coefficient (Wildman–Crippen LogP) is 15.3. The highest BCUT2D eigenvalue weighted by molar-refractivity contribution is 7.25. The second-order valence-electron chi connectivity index (χ2n) is 15.3. The van der Waals surface area contributed by atoms with E-state index in [-0.39, 0.29) is 24.2 Å². The van der Waals surface area contributed by atoms with E-state index in [4.69, 9.17) is 17.7 Å². The smallest absolute Gasteiger partial charge is 0.164 e. The number of rotatable bonds is 7. The lowest BCUT2D eigenvalue weighted by Gasteiger charge is -2.14. The Morgan fingerprint density at radius 2 is 0.903 bits per heavy atom. The zero-order chi connectivity index (χ0) is 44.5. The first-order valence-corrected chi connectivity index (χ1v) is 21.3. The summed E-state index contributed by atoms with van der Waals surface area (Å²) < 4.78 is 40.4. The molecule has 0 amide bonds. The Labute approximate surface area is 368 Å². The van der Waals surface area contributed by atoms with Gasteiger partial charge < -0.3 is 4.57 Å². The molecule has 12 aromatic rings. The summed E-state index contributed by atoms with van der Waals surface area (Å²) >= 11 is 1.75. The van der Waals surface area contributed by atoms with Crippen LogP contribution in [0.25, 0.3) is 115 Å². The minimum atomic E-state index is -0.290. The van der Waals surface area contributed by atoms with Gasteiger partial charge in [-0.1, -0.05) is 182 Å². The van der Waals surface area contributed by atoms with Gasteiger partial charge in [0.1, 0.15) is 0 Å². The van der Waals surface area contributed by atoms with Crippen LogP contribution in [0, 0.1) is 0 Å². The van der Waals surface area contributed by atoms with Gasteiger partial charge >= 0.3 is 0 Å². The summed E-state index contributed by atoms with van der Waals surface area (Å²) in [6.45, 7) is 0. The first kappa shape index (κ1) is 31.9. The molecule has 0 aliphatic heterocycles. The molecule has 4 nitrogen and oxygen atoms in total. The Morgan fingerprint density at radius 1 is 0.371 bits per heavy atom. The van der Waals surface area contributed by atoms with Gasteiger partial charge in [0.05, 0.1) is 16.5 Å². The molecule has 0 saturated heterocycles. The number of hydrogen-bond acceptors (Lipinski definition) is 4. The molecule has 290 valence electrons. The molecular formula is C57H36N4S. The highest BCUT2D eigenvalue weighted by atomic mass is 32.1. The van der Waals surface area contributed by atoms with Crippen LogP contribution in [0.2, 0.25) is 0 Å². The number of aromatic nitrogens is 4. The summed E-state index contributed by atoms with van der Waals surface area (Å²) in [5, 5.41) is 3.60. The molecule has 3 aromatic heterocycles. The maximum Gasteiger partial charge on any atom is 0.164 e. The van der Waals surface area contributed by atoms with Crippen molar-refractivity contribution in [1.82, 2.24) is 19.5 Å². The van der Waals surface area contributed by atoms with E-state index in [1.165, 1.54) is 15.5 Å². The topological polar surface area (TPSA) is 43.6 Å².